The normalized spacial score (nSPS) is 9.71. The average molecular weight is 305 g/mol. The number of nitrogens with zero attached hydrogens (tertiary/aromatic N) is 1. The van der Waals surface area contributed by atoms with E-state index >= 15 is 0 Å². The lowest BCUT2D eigenvalue weighted by atomic mass is 10.2. The Balaban J connectivity index is 3.12. The summed E-state index contributed by atoms with van der Waals surface area (Å²) in [5.41, 5.74) is 0.676. The Kier molecular flexibility index (Phi) is 3.74. The van der Waals surface area contributed by atoms with Crippen molar-refractivity contribution in [3.8, 4) is 5.75 Å². The van der Waals surface area contributed by atoms with Crippen molar-refractivity contribution in [1.29, 1.82) is 0 Å². The zero-order chi connectivity index (χ0) is 10.7. The number of halogens is 1. The number of ether oxygens (including phenoxy) is 1. The molecule has 0 heterocycles. The highest BCUT2D eigenvalue weighted by Crippen LogP contribution is 2.20. The second-order valence-corrected chi connectivity index (χ2v) is 4.21. The predicted molar refractivity (Wildman–Crippen MR) is 63.7 cm³/mol. The Labute approximate surface area is 97.2 Å². The van der Waals surface area contributed by atoms with Crippen LogP contribution in [-0.2, 0) is 0 Å². The molecule has 0 aliphatic heterocycles. The molecule has 1 aromatic carbocycles. The summed E-state index contributed by atoms with van der Waals surface area (Å²) in [6.07, 6.45) is 0. The van der Waals surface area contributed by atoms with Gasteiger partial charge in [0.1, 0.15) is 5.75 Å². The van der Waals surface area contributed by atoms with Gasteiger partial charge in [0.2, 0.25) is 0 Å². The molecule has 0 spiro atoms. The Morgan fingerprint density at radius 1 is 1.43 bits per heavy atom. The van der Waals surface area contributed by atoms with Crippen molar-refractivity contribution < 1.29 is 9.53 Å². The molecule has 1 rings (SSSR count). The summed E-state index contributed by atoms with van der Waals surface area (Å²) in [6.45, 7) is 0. The minimum atomic E-state index is -0.00620. The van der Waals surface area contributed by atoms with Crippen molar-refractivity contribution in [3.05, 3.63) is 27.3 Å². The molecule has 0 aliphatic carbocycles. The van der Waals surface area contributed by atoms with E-state index in [2.05, 4.69) is 22.6 Å². The van der Waals surface area contributed by atoms with E-state index in [1.807, 2.05) is 12.1 Å². The molecule has 0 aliphatic rings. The lowest BCUT2D eigenvalue weighted by Crippen LogP contribution is -2.22. The number of hydrogen-bond acceptors (Lipinski definition) is 2. The first kappa shape index (κ1) is 11.3. The molecule has 1 aromatic rings. The molecule has 0 radical (unpaired) electrons. The highest BCUT2D eigenvalue weighted by molar-refractivity contribution is 14.1. The third-order valence-corrected chi connectivity index (χ3v) is 2.75. The van der Waals surface area contributed by atoms with Crippen molar-refractivity contribution in [2.45, 2.75) is 0 Å². The molecule has 0 unspecified atom stereocenters. The maximum Gasteiger partial charge on any atom is 0.254 e. The molecule has 76 valence electrons. The van der Waals surface area contributed by atoms with Crippen LogP contribution in [0.15, 0.2) is 18.2 Å². The molecule has 0 aromatic heterocycles. The summed E-state index contributed by atoms with van der Waals surface area (Å²) < 4.78 is 6.00. The molecular formula is C10H12INO2. The van der Waals surface area contributed by atoms with Gasteiger partial charge in [-0.25, -0.2) is 0 Å². The zero-order valence-corrected chi connectivity index (χ0v) is 10.5. The minimum Gasteiger partial charge on any atom is -0.497 e. The van der Waals surface area contributed by atoms with E-state index in [1.54, 1.807) is 32.2 Å². The summed E-state index contributed by atoms with van der Waals surface area (Å²) in [5, 5.41) is 0. The second-order valence-electron chi connectivity index (χ2n) is 3.05. The lowest BCUT2D eigenvalue weighted by Gasteiger charge is -2.12. The van der Waals surface area contributed by atoms with Gasteiger partial charge in [-0.05, 0) is 40.8 Å². The van der Waals surface area contributed by atoms with Crippen LogP contribution in [0.25, 0.3) is 0 Å². The van der Waals surface area contributed by atoms with Gasteiger partial charge in [-0.3, -0.25) is 4.79 Å². The summed E-state index contributed by atoms with van der Waals surface area (Å²) in [7, 11) is 5.06. The molecule has 0 bridgehead atoms. The van der Waals surface area contributed by atoms with Gasteiger partial charge < -0.3 is 9.64 Å². The number of carbonyl (C=O) groups is 1. The Hall–Kier alpha value is -0.780. The first-order chi connectivity index (χ1) is 6.56. The Morgan fingerprint density at radius 3 is 2.57 bits per heavy atom. The van der Waals surface area contributed by atoms with Crippen molar-refractivity contribution in [2.24, 2.45) is 0 Å². The Morgan fingerprint density at radius 2 is 2.07 bits per heavy atom. The molecule has 0 saturated carbocycles. The van der Waals surface area contributed by atoms with Gasteiger partial charge >= 0.3 is 0 Å². The van der Waals surface area contributed by atoms with Gasteiger partial charge in [0, 0.05) is 17.7 Å². The van der Waals surface area contributed by atoms with Gasteiger partial charge in [0.25, 0.3) is 5.91 Å². The molecule has 0 N–H and O–H groups in total. The fraction of sp³-hybridized carbons (Fsp3) is 0.300. The van der Waals surface area contributed by atoms with E-state index in [-0.39, 0.29) is 5.91 Å². The SMILES string of the molecule is COc1ccc(I)c(C(=O)N(C)C)c1. The van der Waals surface area contributed by atoms with E-state index in [0.29, 0.717) is 11.3 Å². The van der Waals surface area contributed by atoms with Gasteiger partial charge in [-0.2, -0.15) is 0 Å². The summed E-state index contributed by atoms with van der Waals surface area (Å²) in [5.74, 6) is 0.698. The van der Waals surface area contributed by atoms with Crippen LogP contribution in [0.3, 0.4) is 0 Å². The molecule has 1 amide bonds. The van der Waals surface area contributed by atoms with Crippen molar-refractivity contribution in [1.82, 2.24) is 4.90 Å². The molecule has 0 fully saturated rings. The van der Waals surface area contributed by atoms with Crippen LogP contribution in [0.2, 0.25) is 0 Å². The van der Waals surface area contributed by atoms with Crippen LogP contribution in [-0.4, -0.2) is 32.0 Å². The van der Waals surface area contributed by atoms with Crippen molar-refractivity contribution in [3.63, 3.8) is 0 Å². The number of amides is 1. The monoisotopic (exact) mass is 305 g/mol. The quantitative estimate of drug-likeness (QED) is 0.782. The smallest absolute Gasteiger partial charge is 0.254 e. The predicted octanol–water partition coefficient (Wildman–Crippen LogP) is 2.00. The first-order valence-corrected chi connectivity index (χ1v) is 5.19. The van der Waals surface area contributed by atoms with E-state index in [0.717, 1.165) is 3.57 Å². The van der Waals surface area contributed by atoms with Gasteiger partial charge in [-0.1, -0.05) is 0 Å². The number of methoxy groups -OCH3 is 1. The fourth-order valence-corrected chi connectivity index (χ4v) is 1.60. The average Bonchev–Trinajstić information content (AvgIpc) is 2.17. The standard InChI is InChI=1S/C10H12INO2/c1-12(2)10(13)8-6-7(14-3)4-5-9(8)11/h4-6H,1-3H3. The number of rotatable bonds is 2. The topological polar surface area (TPSA) is 29.5 Å². The minimum absolute atomic E-state index is 0.00620. The number of carbonyl (C=O) groups excluding carboxylic acids is 1. The maximum absolute atomic E-state index is 11.7. The molecular weight excluding hydrogens is 293 g/mol. The molecule has 0 saturated heterocycles. The first-order valence-electron chi connectivity index (χ1n) is 4.11. The van der Waals surface area contributed by atoms with E-state index in [9.17, 15) is 4.79 Å². The summed E-state index contributed by atoms with van der Waals surface area (Å²) in [6, 6.07) is 5.47. The van der Waals surface area contributed by atoms with Crippen LogP contribution < -0.4 is 4.74 Å². The highest BCUT2D eigenvalue weighted by atomic mass is 127. The number of benzene rings is 1. The maximum atomic E-state index is 11.7. The third kappa shape index (κ3) is 2.37. The molecule has 14 heavy (non-hydrogen) atoms. The molecule has 4 heteroatoms. The van der Waals surface area contributed by atoms with Gasteiger partial charge in [0.15, 0.2) is 0 Å². The van der Waals surface area contributed by atoms with Gasteiger partial charge in [0.05, 0.1) is 12.7 Å². The largest absolute Gasteiger partial charge is 0.497 e. The lowest BCUT2D eigenvalue weighted by molar-refractivity contribution is 0.0826. The van der Waals surface area contributed by atoms with Crippen LogP contribution in [0.5, 0.6) is 5.75 Å². The second kappa shape index (κ2) is 4.63. The van der Waals surface area contributed by atoms with Crippen molar-refractivity contribution >= 4 is 28.5 Å². The van der Waals surface area contributed by atoms with E-state index in [1.165, 1.54) is 0 Å². The van der Waals surface area contributed by atoms with E-state index in [4.69, 9.17) is 4.74 Å². The Bertz CT molecular complexity index is 350. The van der Waals surface area contributed by atoms with Crippen LogP contribution in [0.1, 0.15) is 10.4 Å². The van der Waals surface area contributed by atoms with Crippen molar-refractivity contribution in [2.75, 3.05) is 21.2 Å². The third-order valence-electron chi connectivity index (χ3n) is 1.81. The number of hydrogen-bond donors (Lipinski definition) is 0. The summed E-state index contributed by atoms with van der Waals surface area (Å²) >= 11 is 2.14. The zero-order valence-electron chi connectivity index (χ0n) is 8.37. The highest BCUT2D eigenvalue weighted by Gasteiger charge is 2.12. The van der Waals surface area contributed by atoms with Gasteiger partial charge in [-0.15, -0.1) is 0 Å². The molecule has 3 nitrogen and oxygen atoms in total. The molecule has 0 atom stereocenters. The summed E-state index contributed by atoms with van der Waals surface area (Å²) in [4.78, 5) is 13.3. The van der Waals surface area contributed by atoms with E-state index < -0.39 is 0 Å². The van der Waals surface area contributed by atoms with Crippen LogP contribution >= 0.6 is 22.6 Å². The van der Waals surface area contributed by atoms with Crippen LogP contribution in [0.4, 0.5) is 0 Å². The fourth-order valence-electron chi connectivity index (χ4n) is 1.04. The van der Waals surface area contributed by atoms with Crippen LogP contribution in [0, 0.1) is 3.57 Å².